The second-order valence-corrected chi connectivity index (χ2v) is 4.24. The van der Waals surface area contributed by atoms with Gasteiger partial charge in [-0.3, -0.25) is 4.90 Å². The second kappa shape index (κ2) is 5.86. The van der Waals surface area contributed by atoms with E-state index in [1.54, 1.807) is 0 Å². The zero-order valence-corrected chi connectivity index (χ0v) is 10.1. The highest BCUT2D eigenvalue weighted by atomic mass is 79.9. The third-order valence-corrected chi connectivity index (χ3v) is 2.75. The molecule has 0 saturated carbocycles. The lowest BCUT2D eigenvalue weighted by atomic mass is 10.1. The van der Waals surface area contributed by atoms with Crippen molar-refractivity contribution in [3.8, 4) is 6.07 Å². The summed E-state index contributed by atoms with van der Waals surface area (Å²) in [7, 11) is 1.82. The summed E-state index contributed by atoms with van der Waals surface area (Å²) in [6.45, 7) is 0.312. The van der Waals surface area contributed by atoms with Crippen molar-refractivity contribution < 1.29 is 5.11 Å². The number of benzene rings is 1. The maximum absolute atomic E-state index is 9.30. The summed E-state index contributed by atoms with van der Waals surface area (Å²) in [6, 6.07) is 9.70. The van der Waals surface area contributed by atoms with Crippen LogP contribution in [0.4, 0.5) is 0 Å². The summed E-state index contributed by atoms with van der Waals surface area (Å²) in [5, 5.41) is 17.9. The molecule has 0 spiro atoms. The van der Waals surface area contributed by atoms with Crippen molar-refractivity contribution in [2.45, 2.75) is 6.04 Å². The van der Waals surface area contributed by atoms with Crippen LogP contribution in [-0.4, -0.2) is 30.2 Å². The molecule has 0 bridgehead atoms. The van der Waals surface area contributed by atoms with Gasteiger partial charge in [-0.25, -0.2) is 0 Å². The van der Waals surface area contributed by atoms with Crippen LogP contribution in [0.3, 0.4) is 0 Å². The van der Waals surface area contributed by atoms with E-state index in [1.165, 1.54) is 0 Å². The molecule has 0 aromatic heterocycles. The minimum Gasteiger partial charge on any atom is -0.394 e. The number of aliphatic hydroxyl groups excluding tert-OH is 1. The molecule has 1 unspecified atom stereocenters. The summed E-state index contributed by atoms with van der Waals surface area (Å²) < 4.78 is 0.976. The zero-order chi connectivity index (χ0) is 11.3. The van der Waals surface area contributed by atoms with Gasteiger partial charge in [0, 0.05) is 4.47 Å². The van der Waals surface area contributed by atoms with E-state index in [9.17, 15) is 5.11 Å². The second-order valence-electron chi connectivity index (χ2n) is 3.33. The van der Waals surface area contributed by atoms with Crippen LogP contribution in [0.25, 0.3) is 0 Å². The highest BCUT2D eigenvalue weighted by Crippen LogP contribution is 2.21. The highest BCUT2D eigenvalue weighted by molar-refractivity contribution is 9.10. The van der Waals surface area contributed by atoms with Crippen LogP contribution in [0.5, 0.6) is 0 Å². The Morgan fingerprint density at radius 3 is 2.87 bits per heavy atom. The lowest BCUT2D eigenvalue weighted by molar-refractivity contribution is 0.160. The minimum absolute atomic E-state index is 0.00856. The monoisotopic (exact) mass is 268 g/mol. The molecule has 1 atom stereocenters. The Labute approximate surface area is 98.1 Å². The van der Waals surface area contributed by atoms with Gasteiger partial charge in [0.1, 0.15) is 0 Å². The first-order valence-corrected chi connectivity index (χ1v) is 5.42. The molecule has 0 aliphatic rings. The van der Waals surface area contributed by atoms with Crippen LogP contribution in [0, 0.1) is 11.3 Å². The predicted octanol–water partition coefficient (Wildman–Crippen LogP) is 1.94. The van der Waals surface area contributed by atoms with Crippen LogP contribution in [0.15, 0.2) is 28.7 Å². The van der Waals surface area contributed by atoms with E-state index < -0.39 is 0 Å². The molecule has 0 saturated heterocycles. The molecular formula is C11H13BrN2O. The fourth-order valence-corrected chi connectivity index (χ4v) is 1.85. The molecule has 0 fully saturated rings. The normalized spacial score (nSPS) is 12.5. The van der Waals surface area contributed by atoms with E-state index in [1.807, 2.05) is 36.2 Å². The molecule has 1 aromatic carbocycles. The van der Waals surface area contributed by atoms with Gasteiger partial charge in [0.15, 0.2) is 0 Å². The Balaban J connectivity index is 2.88. The quantitative estimate of drug-likeness (QED) is 0.850. The van der Waals surface area contributed by atoms with Crippen molar-refractivity contribution in [1.29, 1.82) is 5.26 Å². The Morgan fingerprint density at radius 2 is 2.33 bits per heavy atom. The molecule has 80 valence electrons. The lowest BCUT2D eigenvalue weighted by Crippen LogP contribution is -2.27. The van der Waals surface area contributed by atoms with Gasteiger partial charge in [-0.1, -0.05) is 28.1 Å². The highest BCUT2D eigenvalue weighted by Gasteiger charge is 2.15. The van der Waals surface area contributed by atoms with Crippen molar-refractivity contribution in [3.63, 3.8) is 0 Å². The number of hydrogen-bond acceptors (Lipinski definition) is 3. The van der Waals surface area contributed by atoms with Gasteiger partial charge in [-0.2, -0.15) is 5.26 Å². The van der Waals surface area contributed by atoms with Crippen molar-refractivity contribution >= 4 is 15.9 Å². The van der Waals surface area contributed by atoms with Gasteiger partial charge in [0.25, 0.3) is 0 Å². The molecule has 1 aromatic rings. The Kier molecular flexibility index (Phi) is 4.76. The summed E-state index contributed by atoms with van der Waals surface area (Å²) >= 11 is 3.38. The maximum Gasteiger partial charge on any atom is 0.0869 e. The van der Waals surface area contributed by atoms with Crippen molar-refractivity contribution in [3.05, 3.63) is 34.3 Å². The van der Waals surface area contributed by atoms with E-state index in [4.69, 9.17) is 5.26 Å². The molecule has 0 amide bonds. The standard InChI is InChI=1S/C11H13BrN2O/c1-14(6-5-13)11(8-15)9-3-2-4-10(12)7-9/h2-4,7,11,15H,6,8H2,1H3. The first-order valence-electron chi connectivity index (χ1n) is 4.62. The van der Waals surface area contributed by atoms with Crippen molar-refractivity contribution in [2.75, 3.05) is 20.2 Å². The number of nitriles is 1. The van der Waals surface area contributed by atoms with E-state index in [0.717, 1.165) is 10.0 Å². The molecule has 15 heavy (non-hydrogen) atoms. The minimum atomic E-state index is -0.123. The van der Waals surface area contributed by atoms with Gasteiger partial charge >= 0.3 is 0 Å². The molecule has 4 heteroatoms. The van der Waals surface area contributed by atoms with Crippen molar-refractivity contribution in [2.24, 2.45) is 0 Å². The SMILES string of the molecule is CN(CC#N)C(CO)c1cccc(Br)c1. The molecule has 1 rings (SSSR count). The molecule has 3 nitrogen and oxygen atoms in total. The third kappa shape index (κ3) is 3.31. The van der Waals surface area contributed by atoms with Crippen LogP contribution in [0.1, 0.15) is 11.6 Å². The van der Waals surface area contributed by atoms with Crippen LogP contribution < -0.4 is 0 Å². The van der Waals surface area contributed by atoms with Crippen molar-refractivity contribution in [1.82, 2.24) is 4.90 Å². The molecule has 0 radical (unpaired) electrons. The Bertz CT molecular complexity index is 362. The van der Waals surface area contributed by atoms with Crippen LogP contribution in [-0.2, 0) is 0 Å². The molecule has 0 aliphatic heterocycles. The first-order chi connectivity index (χ1) is 7.19. The van der Waals surface area contributed by atoms with E-state index in [-0.39, 0.29) is 12.6 Å². The molecule has 1 N–H and O–H groups in total. The molecular weight excluding hydrogens is 256 g/mol. The largest absolute Gasteiger partial charge is 0.394 e. The van der Waals surface area contributed by atoms with Gasteiger partial charge in [0.05, 0.1) is 25.3 Å². The average Bonchev–Trinajstić information content (AvgIpc) is 2.19. The lowest BCUT2D eigenvalue weighted by Gasteiger charge is -2.24. The number of halogens is 1. The fraction of sp³-hybridized carbons (Fsp3) is 0.364. The molecule has 0 aliphatic carbocycles. The fourth-order valence-electron chi connectivity index (χ4n) is 1.43. The topological polar surface area (TPSA) is 47.3 Å². The predicted molar refractivity (Wildman–Crippen MR) is 62.2 cm³/mol. The summed E-state index contributed by atoms with van der Waals surface area (Å²) in [6.07, 6.45) is 0. The first kappa shape index (κ1) is 12.2. The Hall–Kier alpha value is -0.890. The third-order valence-electron chi connectivity index (χ3n) is 2.26. The van der Waals surface area contributed by atoms with Crippen LogP contribution in [0.2, 0.25) is 0 Å². The zero-order valence-electron chi connectivity index (χ0n) is 8.52. The smallest absolute Gasteiger partial charge is 0.0869 e. The van der Waals surface area contributed by atoms with E-state index in [2.05, 4.69) is 22.0 Å². The Morgan fingerprint density at radius 1 is 1.60 bits per heavy atom. The number of aliphatic hydroxyl groups is 1. The number of rotatable bonds is 4. The van der Waals surface area contributed by atoms with E-state index >= 15 is 0 Å². The number of nitrogens with zero attached hydrogens (tertiary/aromatic N) is 2. The summed E-state index contributed by atoms with van der Waals surface area (Å²) in [5.41, 5.74) is 1.00. The van der Waals surface area contributed by atoms with Crippen LogP contribution >= 0.6 is 15.9 Å². The van der Waals surface area contributed by atoms with Gasteiger partial charge in [-0.05, 0) is 24.7 Å². The number of hydrogen-bond donors (Lipinski definition) is 1. The van der Waals surface area contributed by atoms with Gasteiger partial charge < -0.3 is 5.11 Å². The number of likely N-dealkylation sites (N-methyl/N-ethyl adjacent to an activating group) is 1. The maximum atomic E-state index is 9.30. The average molecular weight is 269 g/mol. The molecule has 0 heterocycles. The summed E-state index contributed by atoms with van der Waals surface area (Å²) in [5.74, 6) is 0. The summed E-state index contributed by atoms with van der Waals surface area (Å²) in [4.78, 5) is 1.82. The van der Waals surface area contributed by atoms with Gasteiger partial charge in [-0.15, -0.1) is 0 Å². The van der Waals surface area contributed by atoms with E-state index in [0.29, 0.717) is 6.54 Å². The van der Waals surface area contributed by atoms with Gasteiger partial charge in [0.2, 0.25) is 0 Å².